The van der Waals surface area contributed by atoms with E-state index in [4.69, 9.17) is 9.15 Å². The molecule has 7 nitrogen and oxygen atoms in total. The summed E-state index contributed by atoms with van der Waals surface area (Å²) < 4.78 is 11.3. The van der Waals surface area contributed by atoms with Gasteiger partial charge in [0.2, 0.25) is 0 Å². The second-order valence-electron chi connectivity index (χ2n) is 5.18. The number of anilines is 1. The van der Waals surface area contributed by atoms with Gasteiger partial charge in [-0.1, -0.05) is 0 Å². The highest BCUT2D eigenvalue weighted by Crippen LogP contribution is 2.32. The van der Waals surface area contributed by atoms with Crippen LogP contribution in [0.1, 0.15) is 5.76 Å². The van der Waals surface area contributed by atoms with Crippen molar-refractivity contribution in [3.05, 3.63) is 29.1 Å². The number of rotatable bonds is 2. The van der Waals surface area contributed by atoms with E-state index < -0.39 is 5.91 Å². The minimum atomic E-state index is -0.396. The fourth-order valence-corrected chi connectivity index (χ4v) is 3.28. The Labute approximate surface area is 135 Å². The largest absolute Gasteiger partial charge is 0.454 e. The van der Waals surface area contributed by atoms with Crippen LogP contribution in [-0.4, -0.2) is 42.4 Å². The number of hydrogen-bond donors (Lipinski definition) is 1. The number of fused-ring (bicyclic) bond motifs is 1. The van der Waals surface area contributed by atoms with Gasteiger partial charge >= 0.3 is 0 Å². The number of nitrogens with one attached hydrogen (secondary N) is 1. The zero-order chi connectivity index (χ0) is 15.8. The third-order valence-corrected chi connectivity index (χ3v) is 4.50. The second-order valence-corrected chi connectivity index (χ2v) is 6.19. The summed E-state index contributed by atoms with van der Waals surface area (Å²) in [6.07, 6.45) is 5.07. The summed E-state index contributed by atoms with van der Waals surface area (Å²) in [5.41, 5.74) is 1.64. The monoisotopic (exact) mass is 331 g/mol. The zero-order valence-corrected chi connectivity index (χ0v) is 12.9. The van der Waals surface area contributed by atoms with Crippen molar-refractivity contribution in [1.82, 2.24) is 10.3 Å². The molecule has 8 heteroatoms. The molecule has 0 unspecified atom stereocenters. The Balaban J connectivity index is 1.72. The number of nitrogens with zero attached hydrogens (tertiary/aromatic N) is 2. The summed E-state index contributed by atoms with van der Waals surface area (Å²) in [6.45, 7) is 2.91. The van der Waals surface area contributed by atoms with E-state index in [0.717, 1.165) is 41.5 Å². The molecule has 0 aromatic carbocycles. The smallest absolute Gasteiger partial charge is 0.290 e. The Morgan fingerprint density at radius 2 is 2.09 bits per heavy atom. The van der Waals surface area contributed by atoms with E-state index >= 15 is 0 Å². The van der Waals surface area contributed by atoms with Crippen molar-refractivity contribution >= 4 is 45.6 Å². The number of aromatic nitrogens is 1. The SMILES string of the molecule is O=C1NC(=O)C(=Cc2cc3cncc(N4CCOCC4)c3o2)S1. The first-order valence-corrected chi connectivity index (χ1v) is 7.97. The molecule has 2 amide bonds. The molecular formula is C15H13N3O4S. The van der Waals surface area contributed by atoms with Crippen molar-refractivity contribution in [2.45, 2.75) is 0 Å². The van der Waals surface area contributed by atoms with Gasteiger partial charge in [-0.05, 0) is 17.8 Å². The van der Waals surface area contributed by atoms with E-state index in [1.807, 2.05) is 6.07 Å². The normalized spacial score (nSPS) is 20.5. The lowest BCUT2D eigenvalue weighted by atomic mass is 10.2. The Morgan fingerprint density at radius 1 is 1.26 bits per heavy atom. The van der Waals surface area contributed by atoms with Crippen LogP contribution in [0.25, 0.3) is 17.0 Å². The molecule has 0 atom stereocenters. The van der Waals surface area contributed by atoms with Crippen molar-refractivity contribution in [1.29, 1.82) is 0 Å². The number of pyridine rings is 1. The molecule has 0 aliphatic carbocycles. The number of amides is 2. The molecule has 2 aromatic heterocycles. The molecule has 0 saturated carbocycles. The Bertz CT molecular complexity index is 823. The molecule has 2 aliphatic heterocycles. The van der Waals surface area contributed by atoms with Crippen LogP contribution in [0.2, 0.25) is 0 Å². The standard InChI is InChI=1S/C15H13N3O4S/c19-14-12(23-15(20)17-14)6-10-5-9-7-16-8-11(13(9)22-10)18-1-3-21-4-2-18/h5-8H,1-4H2,(H,17,19,20). The molecule has 23 heavy (non-hydrogen) atoms. The number of hydrogen-bond acceptors (Lipinski definition) is 7. The number of carbonyl (C=O) groups is 2. The van der Waals surface area contributed by atoms with Crippen LogP contribution in [0, 0.1) is 0 Å². The molecule has 118 valence electrons. The zero-order valence-electron chi connectivity index (χ0n) is 12.1. The van der Waals surface area contributed by atoms with Gasteiger partial charge in [0.1, 0.15) is 5.76 Å². The van der Waals surface area contributed by atoms with Crippen LogP contribution >= 0.6 is 11.8 Å². The van der Waals surface area contributed by atoms with Crippen molar-refractivity contribution in [2.75, 3.05) is 31.2 Å². The van der Waals surface area contributed by atoms with E-state index in [0.29, 0.717) is 23.9 Å². The minimum absolute atomic E-state index is 0.329. The number of imide groups is 1. The van der Waals surface area contributed by atoms with Crippen LogP contribution in [0.3, 0.4) is 0 Å². The highest BCUT2D eigenvalue weighted by Gasteiger charge is 2.26. The number of carbonyl (C=O) groups excluding carboxylic acids is 2. The van der Waals surface area contributed by atoms with E-state index in [2.05, 4.69) is 15.2 Å². The lowest BCUT2D eigenvalue weighted by Gasteiger charge is -2.28. The van der Waals surface area contributed by atoms with Crippen molar-refractivity contribution in [2.24, 2.45) is 0 Å². The van der Waals surface area contributed by atoms with E-state index in [9.17, 15) is 9.59 Å². The number of morpholine rings is 1. The van der Waals surface area contributed by atoms with Crippen molar-refractivity contribution in [3.63, 3.8) is 0 Å². The third kappa shape index (κ3) is 2.71. The van der Waals surface area contributed by atoms with Gasteiger partial charge in [-0.2, -0.15) is 0 Å². The van der Waals surface area contributed by atoms with E-state index in [-0.39, 0.29) is 5.24 Å². The molecule has 1 N–H and O–H groups in total. The summed E-state index contributed by atoms with van der Waals surface area (Å²) in [6, 6.07) is 1.82. The summed E-state index contributed by atoms with van der Waals surface area (Å²) in [7, 11) is 0. The first-order chi connectivity index (χ1) is 11.2. The van der Waals surface area contributed by atoms with E-state index in [1.165, 1.54) is 0 Å². The van der Waals surface area contributed by atoms with Gasteiger partial charge in [0.05, 0.1) is 30.0 Å². The number of ether oxygens (including phenoxy) is 1. The third-order valence-electron chi connectivity index (χ3n) is 3.69. The average Bonchev–Trinajstić information content (AvgIpc) is 3.10. The second kappa shape index (κ2) is 5.71. The Hall–Kier alpha value is -2.32. The fourth-order valence-electron chi connectivity index (χ4n) is 2.62. The summed E-state index contributed by atoms with van der Waals surface area (Å²) in [5.74, 6) is 0.127. The molecular weight excluding hydrogens is 318 g/mol. The van der Waals surface area contributed by atoms with Gasteiger partial charge in [-0.3, -0.25) is 19.9 Å². The lowest BCUT2D eigenvalue weighted by molar-refractivity contribution is -0.115. The van der Waals surface area contributed by atoms with E-state index in [1.54, 1.807) is 18.5 Å². The highest BCUT2D eigenvalue weighted by atomic mass is 32.2. The first-order valence-electron chi connectivity index (χ1n) is 7.16. The number of furan rings is 1. The first kappa shape index (κ1) is 14.3. The molecule has 4 rings (SSSR count). The Kier molecular flexibility index (Phi) is 3.55. The van der Waals surface area contributed by atoms with Crippen LogP contribution in [0.4, 0.5) is 10.5 Å². The Morgan fingerprint density at radius 3 is 2.83 bits per heavy atom. The average molecular weight is 331 g/mol. The lowest BCUT2D eigenvalue weighted by Crippen LogP contribution is -2.36. The molecule has 2 aromatic rings. The maximum atomic E-state index is 11.6. The predicted octanol–water partition coefficient (Wildman–Crippen LogP) is 1.99. The molecule has 4 heterocycles. The summed E-state index contributed by atoms with van der Waals surface area (Å²) in [4.78, 5) is 29.6. The van der Waals surface area contributed by atoms with Crippen LogP contribution in [-0.2, 0) is 9.53 Å². The van der Waals surface area contributed by atoms with Crippen molar-refractivity contribution < 1.29 is 18.7 Å². The van der Waals surface area contributed by atoms with Crippen molar-refractivity contribution in [3.8, 4) is 0 Å². The number of thioether (sulfide) groups is 1. The fraction of sp³-hybridized carbons (Fsp3) is 0.267. The maximum absolute atomic E-state index is 11.6. The molecule has 0 spiro atoms. The van der Waals surface area contributed by atoms with Gasteiger partial charge in [0.15, 0.2) is 5.58 Å². The molecule has 2 saturated heterocycles. The quantitative estimate of drug-likeness (QED) is 0.842. The summed E-state index contributed by atoms with van der Waals surface area (Å²) >= 11 is 0.870. The topological polar surface area (TPSA) is 84.7 Å². The van der Waals surface area contributed by atoms with Gasteiger partial charge in [0, 0.05) is 30.7 Å². The van der Waals surface area contributed by atoms with Crippen LogP contribution < -0.4 is 10.2 Å². The van der Waals surface area contributed by atoms with Gasteiger partial charge in [0.25, 0.3) is 11.1 Å². The van der Waals surface area contributed by atoms with Gasteiger partial charge in [-0.15, -0.1) is 0 Å². The van der Waals surface area contributed by atoms with Gasteiger partial charge < -0.3 is 14.1 Å². The maximum Gasteiger partial charge on any atom is 0.290 e. The molecule has 2 aliphatic rings. The highest BCUT2D eigenvalue weighted by molar-refractivity contribution is 8.18. The summed E-state index contributed by atoms with van der Waals surface area (Å²) in [5, 5.41) is 2.71. The molecule has 0 bridgehead atoms. The van der Waals surface area contributed by atoms with Crippen LogP contribution in [0.15, 0.2) is 27.8 Å². The predicted molar refractivity (Wildman–Crippen MR) is 86.1 cm³/mol. The van der Waals surface area contributed by atoms with Gasteiger partial charge in [-0.25, -0.2) is 0 Å². The molecule has 2 fully saturated rings. The minimum Gasteiger partial charge on any atom is -0.454 e. The molecule has 0 radical (unpaired) electrons. The van der Waals surface area contributed by atoms with Crippen LogP contribution in [0.5, 0.6) is 0 Å².